The molecular weight excluding hydrogens is 278 g/mol. The third kappa shape index (κ3) is 2.36. The van der Waals surface area contributed by atoms with Gasteiger partial charge in [0.1, 0.15) is 11.5 Å². The third-order valence-electron chi connectivity index (χ3n) is 2.77. The summed E-state index contributed by atoms with van der Waals surface area (Å²) in [5, 5.41) is 0. The van der Waals surface area contributed by atoms with Crippen LogP contribution in [0.1, 0.15) is 18.9 Å². The van der Waals surface area contributed by atoms with Crippen molar-refractivity contribution in [3.8, 4) is 11.3 Å². The minimum atomic E-state index is 0.744. The lowest BCUT2D eigenvalue weighted by Gasteiger charge is -2.05. The second-order valence-electron chi connectivity index (χ2n) is 4.14. The van der Waals surface area contributed by atoms with Crippen LogP contribution in [0.5, 0.6) is 0 Å². The Morgan fingerprint density at radius 1 is 1.41 bits per heavy atom. The standard InChI is InChI=1S/C13H16BrN3/c1-3-6-17-8-16-12(13(17)15)10-4-5-11(14)9(2)7-10/h4-5,7-8H,3,6,15H2,1-2H3. The molecule has 3 nitrogen and oxygen atoms in total. The molecule has 90 valence electrons. The molecule has 0 radical (unpaired) electrons. The molecule has 0 saturated carbocycles. The van der Waals surface area contributed by atoms with Crippen molar-refractivity contribution in [3.63, 3.8) is 0 Å². The van der Waals surface area contributed by atoms with Crippen molar-refractivity contribution >= 4 is 21.7 Å². The lowest BCUT2D eigenvalue weighted by Crippen LogP contribution is -2.01. The molecule has 0 aliphatic heterocycles. The predicted molar refractivity (Wildman–Crippen MR) is 74.8 cm³/mol. The van der Waals surface area contributed by atoms with E-state index >= 15 is 0 Å². The molecule has 1 aromatic carbocycles. The molecule has 0 spiro atoms. The maximum atomic E-state index is 6.10. The van der Waals surface area contributed by atoms with Crippen LogP contribution in [0.15, 0.2) is 29.0 Å². The molecule has 0 atom stereocenters. The van der Waals surface area contributed by atoms with E-state index in [1.165, 1.54) is 5.56 Å². The molecule has 1 aromatic heterocycles. The van der Waals surface area contributed by atoms with E-state index in [-0.39, 0.29) is 0 Å². The summed E-state index contributed by atoms with van der Waals surface area (Å²) in [6.07, 6.45) is 2.87. The predicted octanol–water partition coefficient (Wildman–Crippen LogP) is 3.61. The molecule has 0 fully saturated rings. The Hall–Kier alpha value is -1.29. The summed E-state index contributed by atoms with van der Waals surface area (Å²) >= 11 is 3.49. The summed E-state index contributed by atoms with van der Waals surface area (Å²) in [6, 6.07) is 6.16. The largest absolute Gasteiger partial charge is 0.383 e. The summed E-state index contributed by atoms with van der Waals surface area (Å²) in [5.74, 6) is 0.744. The van der Waals surface area contributed by atoms with Gasteiger partial charge in [-0.2, -0.15) is 0 Å². The number of halogens is 1. The third-order valence-corrected chi connectivity index (χ3v) is 3.66. The number of nitrogens with zero attached hydrogens (tertiary/aromatic N) is 2. The topological polar surface area (TPSA) is 43.8 Å². The van der Waals surface area contributed by atoms with E-state index in [0.717, 1.165) is 34.5 Å². The summed E-state index contributed by atoms with van der Waals surface area (Å²) < 4.78 is 3.10. The van der Waals surface area contributed by atoms with Crippen LogP contribution in [0.3, 0.4) is 0 Å². The lowest BCUT2D eigenvalue weighted by molar-refractivity contribution is 0.686. The fraction of sp³-hybridized carbons (Fsp3) is 0.308. The van der Waals surface area contributed by atoms with Crippen molar-refractivity contribution in [2.24, 2.45) is 0 Å². The fourth-order valence-electron chi connectivity index (χ4n) is 1.83. The van der Waals surface area contributed by atoms with Gasteiger partial charge in [0, 0.05) is 16.6 Å². The maximum absolute atomic E-state index is 6.10. The number of aromatic nitrogens is 2. The Morgan fingerprint density at radius 3 is 2.82 bits per heavy atom. The minimum Gasteiger partial charge on any atom is -0.383 e. The highest BCUT2D eigenvalue weighted by molar-refractivity contribution is 9.10. The van der Waals surface area contributed by atoms with Crippen LogP contribution in [0.2, 0.25) is 0 Å². The van der Waals surface area contributed by atoms with Crippen molar-refractivity contribution < 1.29 is 0 Å². The lowest BCUT2D eigenvalue weighted by atomic mass is 10.1. The highest BCUT2D eigenvalue weighted by atomic mass is 79.9. The number of hydrogen-bond donors (Lipinski definition) is 1. The van der Waals surface area contributed by atoms with Gasteiger partial charge in [0.25, 0.3) is 0 Å². The summed E-state index contributed by atoms with van der Waals surface area (Å²) in [7, 11) is 0. The number of aryl methyl sites for hydroxylation is 2. The second-order valence-corrected chi connectivity index (χ2v) is 4.99. The summed E-state index contributed by atoms with van der Waals surface area (Å²) in [4.78, 5) is 4.40. The maximum Gasteiger partial charge on any atom is 0.131 e. The van der Waals surface area contributed by atoms with E-state index in [1.54, 1.807) is 0 Å². The molecule has 4 heteroatoms. The molecule has 2 aromatic rings. The number of benzene rings is 1. The van der Waals surface area contributed by atoms with E-state index in [1.807, 2.05) is 23.0 Å². The van der Waals surface area contributed by atoms with Gasteiger partial charge in [0.05, 0.1) is 6.33 Å². The van der Waals surface area contributed by atoms with E-state index in [4.69, 9.17) is 5.73 Å². The van der Waals surface area contributed by atoms with Crippen LogP contribution in [-0.2, 0) is 6.54 Å². The molecule has 2 N–H and O–H groups in total. The first-order valence-corrected chi connectivity index (χ1v) is 6.50. The van der Waals surface area contributed by atoms with Gasteiger partial charge in [-0.25, -0.2) is 4.98 Å². The van der Waals surface area contributed by atoms with Crippen LogP contribution in [-0.4, -0.2) is 9.55 Å². The van der Waals surface area contributed by atoms with Gasteiger partial charge in [0.15, 0.2) is 0 Å². The van der Waals surface area contributed by atoms with E-state index in [0.29, 0.717) is 0 Å². The Morgan fingerprint density at radius 2 is 2.18 bits per heavy atom. The van der Waals surface area contributed by atoms with Gasteiger partial charge in [-0.15, -0.1) is 0 Å². The molecule has 0 saturated heterocycles. The number of anilines is 1. The van der Waals surface area contributed by atoms with Crippen molar-refractivity contribution in [2.75, 3.05) is 5.73 Å². The first-order chi connectivity index (χ1) is 8.13. The molecule has 17 heavy (non-hydrogen) atoms. The van der Waals surface area contributed by atoms with Crippen molar-refractivity contribution in [3.05, 3.63) is 34.6 Å². The number of imidazole rings is 1. The van der Waals surface area contributed by atoms with Gasteiger partial charge in [-0.1, -0.05) is 28.9 Å². The van der Waals surface area contributed by atoms with E-state index < -0.39 is 0 Å². The highest BCUT2D eigenvalue weighted by Crippen LogP contribution is 2.27. The van der Waals surface area contributed by atoms with Crippen LogP contribution >= 0.6 is 15.9 Å². The highest BCUT2D eigenvalue weighted by Gasteiger charge is 2.10. The molecular formula is C13H16BrN3. The number of nitrogen functional groups attached to an aromatic ring is 1. The smallest absolute Gasteiger partial charge is 0.131 e. The van der Waals surface area contributed by atoms with Crippen LogP contribution in [0, 0.1) is 6.92 Å². The fourth-order valence-corrected chi connectivity index (χ4v) is 2.07. The van der Waals surface area contributed by atoms with Crippen LogP contribution in [0.25, 0.3) is 11.3 Å². The molecule has 0 aliphatic carbocycles. The molecule has 0 unspecified atom stereocenters. The number of nitrogens with two attached hydrogens (primary N) is 1. The monoisotopic (exact) mass is 293 g/mol. The first-order valence-electron chi connectivity index (χ1n) is 5.70. The molecule has 2 rings (SSSR count). The van der Waals surface area contributed by atoms with Gasteiger partial charge in [-0.05, 0) is 31.0 Å². The minimum absolute atomic E-state index is 0.744. The molecule has 0 aliphatic rings. The zero-order valence-electron chi connectivity index (χ0n) is 10.1. The number of rotatable bonds is 3. The zero-order chi connectivity index (χ0) is 12.4. The van der Waals surface area contributed by atoms with Gasteiger partial charge in [0.2, 0.25) is 0 Å². The Kier molecular flexibility index (Phi) is 3.52. The van der Waals surface area contributed by atoms with E-state index in [9.17, 15) is 0 Å². The van der Waals surface area contributed by atoms with E-state index in [2.05, 4.69) is 40.8 Å². The van der Waals surface area contributed by atoms with Crippen LogP contribution in [0.4, 0.5) is 5.82 Å². The number of hydrogen-bond acceptors (Lipinski definition) is 2. The summed E-state index contributed by atoms with van der Waals surface area (Å²) in [6.45, 7) is 5.10. The second kappa shape index (κ2) is 4.92. The average molecular weight is 294 g/mol. The van der Waals surface area contributed by atoms with Crippen molar-refractivity contribution in [1.29, 1.82) is 0 Å². The molecule has 0 amide bonds. The quantitative estimate of drug-likeness (QED) is 0.939. The SMILES string of the molecule is CCCn1cnc(-c2ccc(Br)c(C)c2)c1N. The van der Waals surface area contributed by atoms with Gasteiger partial charge < -0.3 is 10.3 Å². The Bertz CT molecular complexity index is 531. The molecule has 1 heterocycles. The first kappa shape index (κ1) is 12.2. The van der Waals surface area contributed by atoms with Crippen LogP contribution < -0.4 is 5.73 Å². The van der Waals surface area contributed by atoms with Crippen molar-refractivity contribution in [1.82, 2.24) is 9.55 Å². The zero-order valence-corrected chi connectivity index (χ0v) is 11.7. The normalized spacial score (nSPS) is 10.8. The van der Waals surface area contributed by atoms with Crippen molar-refractivity contribution in [2.45, 2.75) is 26.8 Å². The van der Waals surface area contributed by atoms with Gasteiger partial charge in [-0.3, -0.25) is 0 Å². The average Bonchev–Trinajstić information content (AvgIpc) is 2.66. The Labute approximate surface area is 110 Å². The van der Waals surface area contributed by atoms with Gasteiger partial charge >= 0.3 is 0 Å². The Balaban J connectivity index is 2.42. The summed E-state index contributed by atoms with van der Waals surface area (Å²) in [5.41, 5.74) is 9.22. The molecule has 0 bridgehead atoms.